The number of rotatable bonds is 7. The van der Waals surface area contributed by atoms with Gasteiger partial charge in [0.05, 0.1) is 25.3 Å². The highest BCUT2D eigenvalue weighted by atomic mass is 16.5. The van der Waals surface area contributed by atoms with E-state index in [9.17, 15) is 10.1 Å². The van der Waals surface area contributed by atoms with Crippen LogP contribution in [0.1, 0.15) is 17.5 Å². The van der Waals surface area contributed by atoms with Crippen LogP contribution in [0.4, 0.5) is 0 Å². The largest absolute Gasteiger partial charge is 0.487 e. The first-order valence-electron chi connectivity index (χ1n) is 11.6. The quantitative estimate of drug-likeness (QED) is 0.548. The van der Waals surface area contributed by atoms with Gasteiger partial charge in [0.1, 0.15) is 23.6 Å². The summed E-state index contributed by atoms with van der Waals surface area (Å²) in [5, 5.41) is 10.7. The third-order valence-corrected chi connectivity index (χ3v) is 6.36. The Morgan fingerprint density at radius 1 is 1.26 bits per heavy atom. The van der Waals surface area contributed by atoms with Crippen molar-refractivity contribution in [3.63, 3.8) is 0 Å². The maximum absolute atomic E-state index is 11.0. The van der Waals surface area contributed by atoms with E-state index in [1.807, 2.05) is 30.6 Å². The first-order chi connectivity index (χ1) is 16.7. The van der Waals surface area contributed by atoms with E-state index < -0.39 is 0 Å². The van der Waals surface area contributed by atoms with Gasteiger partial charge in [0, 0.05) is 55.9 Å². The zero-order valence-electron chi connectivity index (χ0n) is 18.9. The van der Waals surface area contributed by atoms with Crippen LogP contribution in [0.3, 0.4) is 0 Å². The Hall–Kier alpha value is -3.67. The first kappa shape index (κ1) is 22.1. The number of aromatic nitrogens is 2. The Labute approximate surface area is 198 Å². The van der Waals surface area contributed by atoms with Gasteiger partial charge in [0.25, 0.3) is 0 Å². The number of amides is 1. The lowest BCUT2D eigenvalue weighted by atomic mass is 10.0. The summed E-state index contributed by atoms with van der Waals surface area (Å²) in [5.74, 6) is 0.550. The summed E-state index contributed by atoms with van der Waals surface area (Å²) in [6, 6.07) is 10.0. The van der Waals surface area contributed by atoms with E-state index in [0.717, 1.165) is 73.4 Å². The van der Waals surface area contributed by atoms with Crippen molar-refractivity contribution in [3.8, 4) is 22.9 Å². The van der Waals surface area contributed by atoms with Crippen LogP contribution in [0.5, 0.6) is 5.75 Å². The highest BCUT2D eigenvalue weighted by molar-refractivity contribution is 5.95. The summed E-state index contributed by atoms with van der Waals surface area (Å²) >= 11 is 0. The topological polar surface area (TPSA) is 94.5 Å². The number of fused-ring (bicyclic) bond motifs is 1. The lowest BCUT2D eigenvalue weighted by Crippen LogP contribution is -2.36. The van der Waals surface area contributed by atoms with E-state index in [2.05, 4.69) is 39.2 Å². The predicted octanol–water partition coefficient (Wildman–Crippen LogP) is 3.06. The third-order valence-electron chi connectivity index (χ3n) is 6.36. The summed E-state index contributed by atoms with van der Waals surface area (Å²) in [6.07, 6.45) is 9.56. The highest BCUT2D eigenvalue weighted by Crippen LogP contribution is 2.32. The van der Waals surface area contributed by atoms with Crippen molar-refractivity contribution in [1.29, 1.82) is 5.26 Å². The Morgan fingerprint density at radius 2 is 2.15 bits per heavy atom. The van der Waals surface area contributed by atoms with E-state index in [4.69, 9.17) is 9.47 Å². The number of nitrogens with zero attached hydrogens (tertiary/aromatic N) is 4. The maximum atomic E-state index is 11.0. The third kappa shape index (κ3) is 4.81. The number of hydrogen-bond donors (Lipinski definition) is 1. The summed E-state index contributed by atoms with van der Waals surface area (Å²) in [5.41, 5.74) is 4.22. The predicted molar refractivity (Wildman–Crippen MR) is 129 cm³/mol. The molecule has 0 bridgehead atoms. The second-order valence-corrected chi connectivity index (χ2v) is 8.63. The molecule has 0 spiro atoms. The number of pyridine rings is 1. The fourth-order valence-corrected chi connectivity index (χ4v) is 4.48. The molecule has 2 aromatic heterocycles. The Bertz CT molecular complexity index is 1240. The minimum atomic E-state index is -0.0905. The molecule has 1 amide bonds. The van der Waals surface area contributed by atoms with E-state index in [0.29, 0.717) is 24.4 Å². The molecule has 8 nitrogen and oxygen atoms in total. The number of likely N-dealkylation sites (tertiary alicyclic amines) is 1. The minimum absolute atomic E-state index is 0.0905. The molecule has 34 heavy (non-hydrogen) atoms. The molecule has 1 aromatic carbocycles. The van der Waals surface area contributed by atoms with E-state index in [-0.39, 0.29) is 6.10 Å². The summed E-state index contributed by atoms with van der Waals surface area (Å²) in [7, 11) is 0. The van der Waals surface area contributed by atoms with Gasteiger partial charge >= 0.3 is 0 Å². The number of ether oxygens (including phenoxy) is 2. The zero-order chi connectivity index (χ0) is 23.3. The average molecular weight is 458 g/mol. The summed E-state index contributed by atoms with van der Waals surface area (Å²) in [4.78, 5) is 22.8. The molecule has 0 aliphatic carbocycles. The van der Waals surface area contributed by atoms with Crippen molar-refractivity contribution in [2.75, 3.05) is 45.9 Å². The van der Waals surface area contributed by atoms with Gasteiger partial charge in [-0.05, 0) is 29.3 Å². The van der Waals surface area contributed by atoms with Crippen molar-refractivity contribution in [1.82, 2.24) is 19.8 Å². The fourth-order valence-electron chi connectivity index (χ4n) is 4.48. The Kier molecular flexibility index (Phi) is 6.56. The normalized spacial score (nSPS) is 19.0. The standard InChI is InChI=1S/C26H27N5O3/c27-14-21-13-20(3-4-25(21)34-22-5-7-31(17-22)18-32)24-16-29-26-23(24)12-19(15-28-26)2-1-6-30-8-10-33-11-9-30/h1-4,12-13,15-16,18,22H,5-11,17H2,(H,28,29)/t22-/m1/s1. The van der Waals surface area contributed by atoms with Crippen LogP contribution >= 0.6 is 0 Å². The van der Waals surface area contributed by atoms with E-state index in [1.165, 1.54) is 0 Å². The molecule has 2 aliphatic heterocycles. The Balaban J connectivity index is 1.35. The molecule has 1 atom stereocenters. The Morgan fingerprint density at radius 3 is 2.94 bits per heavy atom. The van der Waals surface area contributed by atoms with E-state index >= 15 is 0 Å². The van der Waals surface area contributed by atoms with Crippen LogP contribution < -0.4 is 4.74 Å². The molecule has 3 aromatic rings. The summed E-state index contributed by atoms with van der Waals surface area (Å²) < 4.78 is 11.4. The number of nitrogens with one attached hydrogen (secondary N) is 1. The molecule has 5 rings (SSSR count). The number of H-pyrrole nitrogens is 1. The van der Waals surface area contributed by atoms with Gasteiger partial charge < -0.3 is 19.4 Å². The molecular weight excluding hydrogens is 430 g/mol. The van der Waals surface area contributed by atoms with Crippen molar-refractivity contribution in [3.05, 3.63) is 53.9 Å². The van der Waals surface area contributed by atoms with Crippen LogP contribution in [0.2, 0.25) is 0 Å². The van der Waals surface area contributed by atoms with Gasteiger partial charge in [-0.3, -0.25) is 9.69 Å². The lowest BCUT2D eigenvalue weighted by molar-refractivity contribution is -0.117. The highest BCUT2D eigenvalue weighted by Gasteiger charge is 2.23. The maximum Gasteiger partial charge on any atom is 0.209 e. The minimum Gasteiger partial charge on any atom is -0.487 e. The molecule has 0 saturated carbocycles. The number of hydrogen-bond acceptors (Lipinski definition) is 6. The SMILES string of the molecule is N#Cc1cc(-c2c[nH]c3ncc(C=CCN4CCOCC4)cc23)ccc1O[C@@H]1CCN(C=O)C1. The van der Waals surface area contributed by atoms with Crippen LogP contribution in [-0.2, 0) is 9.53 Å². The molecule has 0 unspecified atom stereocenters. The van der Waals surface area contributed by atoms with Gasteiger partial charge in [0.2, 0.25) is 6.41 Å². The second-order valence-electron chi connectivity index (χ2n) is 8.63. The number of morpholine rings is 1. The monoisotopic (exact) mass is 457 g/mol. The van der Waals surface area contributed by atoms with Crippen LogP contribution in [0.25, 0.3) is 28.2 Å². The zero-order valence-corrected chi connectivity index (χ0v) is 18.9. The molecular formula is C26H27N5O3. The lowest BCUT2D eigenvalue weighted by Gasteiger charge is -2.25. The molecule has 2 aliphatic rings. The summed E-state index contributed by atoms with van der Waals surface area (Å²) in [6.45, 7) is 5.62. The second kappa shape index (κ2) is 10.1. The van der Waals surface area contributed by atoms with E-state index in [1.54, 1.807) is 4.90 Å². The first-order valence-corrected chi connectivity index (χ1v) is 11.6. The molecule has 1 N–H and O–H groups in total. The van der Waals surface area contributed by atoms with Crippen molar-refractivity contribution < 1.29 is 14.3 Å². The van der Waals surface area contributed by atoms with Crippen molar-refractivity contribution in [2.24, 2.45) is 0 Å². The fraction of sp³-hybridized carbons (Fsp3) is 0.346. The number of nitriles is 1. The van der Waals surface area contributed by atoms with Crippen LogP contribution in [0, 0.1) is 11.3 Å². The number of carbonyl (C=O) groups excluding carboxylic acids is 1. The van der Waals surface area contributed by atoms with Gasteiger partial charge in [-0.25, -0.2) is 4.98 Å². The number of aromatic amines is 1. The number of carbonyl (C=O) groups is 1. The van der Waals surface area contributed by atoms with Gasteiger partial charge in [-0.15, -0.1) is 0 Å². The van der Waals surface area contributed by atoms with Crippen LogP contribution in [-0.4, -0.2) is 78.2 Å². The smallest absolute Gasteiger partial charge is 0.209 e. The van der Waals surface area contributed by atoms with Gasteiger partial charge in [0.15, 0.2) is 0 Å². The van der Waals surface area contributed by atoms with Crippen molar-refractivity contribution in [2.45, 2.75) is 12.5 Å². The molecule has 8 heteroatoms. The van der Waals surface area contributed by atoms with Crippen LogP contribution in [0.15, 0.2) is 42.7 Å². The molecule has 174 valence electrons. The van der Waals surface area contributed by atoms with Gasteiger partial charge in [-0.1, -0.05) is 18.2 Å². The molecule has 0 radical (unpaired) electrons. The average Bonchev–Trinajstić information content (AvgIpc) is 3.51. The molecule has 4 heterocycles. The number of benzene rings is 1. The molecule has 2 fully saturated rings. The van der Waals surface area contributed by atoms with Crippen molar-refractivity contribution >= 4 is 23.5 Å². The molecule has 2 saturated heterocycles. The van der Waals surface area contributed by atoms with Gasteiger partial charge in [-0.2, -0.15) is 5.26 Å².